The topological polar surface area (TPSA) is 94.7 Å². The standard InChI is InChI=1S/C25H28ClN3O4/c1-14-6-11-17(12-18(14)22(30)31)33-23-27-19-13-20(26)25(4,28-21(19)29(23)5)16-9-7-15(8-10-16)24(2,3)32/h6-12,20,23,32H,13H2,1-5H3,(H,30,31). The fourth-order valence-electron chi connectivity index (χ4n) is 4.12. The van der Waals surface area contributed by atoms with Gasteiger partial charge in [0.25, 0.3) is 6.35 Å². The first-order valence-corrected chi connectivity index (χ1v) is 11.2. The van der Waals surface area contributed by atoms with E-state index >= 15 is 0 Å². The molecule has 0 aromatic heterocycles. The number of hydrogen-bond acceptors (Lipinski definition) is 6. The number of amidine groups is 1. The fourth-order valence-corrected chi connectivity index (χ4v) is 4.45. The van der Waals surface area contributed by atoms with Gasteiger partial charge in [0.2, 0.25) is 0 Å². The largest absolute Gasteiger partial charge is 0.478 e. The number of carboxylic acid groups (broad SMARTS) is 1. The molecule has 2 aliphatic rings. The third-order valence-electron chi connectivity index (χ3n) is 6.37. The third kappa shape index (κ3) is 4.23. The smallest absolute Gasteiger partial charge is 0.336 e. The van der Waals surface area contributed by atoms with Crippen LogP contribution in [0.4, 0.5) is 0 Å². The number of benzene rings is 2. The van der Waals surface area contributed by atoms with E-state index in [4.69, 9.17) is 21.3 Å². The molecule has 0 radical (unpaired) electrons. The third-order valence-corrected chi connectivity index (χ3v) is 6.95. The number of nitrogens with zero attached hydrogens (tertiary/aromatic N) is 3. The number of rotatable bonds is 5. The van der Waals surface area contributed by atoms with Crippen LogP contribution in [0, 0.1) is 6.92 Å². The summed E-state index contributed by atoms with van der Waals surface area (Å²) in [6.45, 7) is 7.24. The minimum atomic E-state index is -1.00. The number of aliphatic hydroxyl groups is 1. The maximum atomic E-state index is 11.5. The molecule has 2 N–H and O–H groups in total. The zero-order valence-corrected chi connectivity index (χ0v) is 20.1. The first kappa shape index (κ1) is 23.3. The maximum absolute atomic E-state index is 11.5. The van der Waals surface area contributed by atoms with Crippen molar-refractivity contribution in [3.05, 3.63) is 64.7 Å². The minimum absolute atomic E-state index is 0.193. The molecule has 0 aliphatic carbocycles. The van der Waals surface area contributed by atoms with E-state index < -0.39 is 23.5 Å². The average molecular weight is 470 g/mol. The van der Waals surface area contributed by atoms with Crippen LogP contribution in [-0.2, 0) is 11.1 Å². The maximum Gasteiger partial charge on any atom is 0.336 e. The molecule has 0 saturated carbocycles. The van der Waals surface area contributed by atoms with Crippen molar-refractivity contribution < 1.29 is 19.7 Å². The zero-order chi connectivity index (χ0) is 24.1. The molecular weight excluding hydrogens is 442 g/mol. The first-order valence-electron chi connectivity index (χ1n) is 10.8. The Labute approximate surface area is 198 Å². The van der Waals surface area contributed by atoms with E-state index in [-0.39, 0.29) is 10.9 Å². The number of aryl methyl sites for hydroxylation is 1. The van der Waals surface area contributed by atoms with Crippen molar-refractivity contribution in [2.24, 2.45) is 9.98 Å². The molecule has 7 nitrogen and oxygen atoms in total. The second-order valence-electron chi connectivity index (χ2n) is 9.30. The number of ether oxygens (including phenoxy) is 1. The van der Waals surface area contributed by atoms with Gasteiger partial charge in [0, 0.05) is 13.5 Å². The average Bonchev–Trinajstić information content (AvgIpc) is 3.03. The number of aliphatic imine (C=N–C) groups is 2. The zero-order valence-electron chi connectivity index (χ0n) is 19.3. The monoisotopic (exact) mass is 469 g/mol. The van der Waals surface area contributed by atoms with E-state index in [9.17, 15) is 15.0 Å². The van der Waals surface area contributed by atoms with Gasteiger partial charge in [-0.05, 0) is 56.5 Å². The molecule has 174 valence electrons. The van der Waals surface area contributed by atoms with Gasteiger partial charge < -0.3 is 19.8 Å². The molecule has 3 unspecified atom stereocenters. The van der Waals surface area contributed by atoms with E-state index in [2.05, 4.69) is 4.99 Å². The molecule has 0 spiro atoms. The predicted octanol–water partition coefficient (Wildman–Crippen LogP) is 4.29. The second-order valence-corrected chi connectivity index (χ2v) is 9.83. The molecule has 2 heterocycles. The van der Waals surface area contributed by atoms with Gasteiger partial charge in [0.15, 0.2) is 5.84 Å². The molecule has 4 rings (SSSR count). The molecule has 2 aliphatic heterocycles. The molecule has 2 aromatic carbocycles. The van der Waals surface area contributed by atoms with Gasteiger partial charge in [-0.25, -0.2) is 9.79 Å². The van der Waals surface area contributed by atoms with Crippen molar-refractivity contribution in [1.82, 2.24) is 4.90 Å². The summed E-state index contributed by atoms with van der Waals surface area (Å²) in [5, 5.41) is 19.3. The number of hydrogen-bond donors (Lipinski definition) is 2. The molecule has 0 bridgehead atoms. The van der Waals surface area contributed by atoms with Crippen LogP contribution >= 0.6 is 11.6 Å². The minimum Gasteiger partial charge on any atom is -0.478 e. The highest BCUT2D eigenvalue weighted by Crippen LogP contribution is 2.40. The Balaban J connectivity index is 1.62. The number of alkyl halides is 1. The van der Waals surface area contributed by atoms with Gasteiger partial charge in [-0.1, -0.05) is 30.3 Å². The van der Waals surface area contributed by atoms with Crippen LogP contribution in [0.15, 0.2) is 52.4 Å². The summed E-state index contributed by atoms with van der Waals surface area (Å²) < 4.78 is 6.01. The number of aromatic carboxylic acids is 1. The molecule has 0 amide bonds. The van der Waals surface area contributed by atoms with Crippen LogP contribution in [0.2, 0.25) is 0 Å². The van der Waals surface area contributed by atoms with Gasteiger partial charge in [-0.15, -0.1) is 11.6 Å². The Bertz CT molecular complexity index is 1150. The van der Waals surface area contributed by atoms with Crippen molar-refractivity contribution >= 4 is 29.1 Å². The Hall–Kier alpha value is -2.90. The van der Waals surface area contributed by atoms with E-state index in [0.29, 0.717) is 23.6 Å². The highest BCUT2D eigenvalue weighted by Gasteiger charge is 2.45. The lowest BCUT2D eigenvalue weighted by atomic mass is 9.83. The predicted molar refractivity (Wildman–Crippen MR) is 128 cm³/mol. The van der Waals surface area contributed by atoms with Gasteiger partial charge in [-0.3, -0.25) is 4.99 Å². The number of carbonyl (C=O) groups is 1. The van der Waals surface area contributed by atoms with E-state index in [1.165, 1.54) is 6.07 Å². The molecule has 0 saturated heterocycles. The van der Waals surface area contributed by atoms with Crippen molar-refractivity contribution in [3.8, 4) is 5.75 Å². The summed E-state index contributed by atoms with van der Waals surface area (Å²) in [7, 11) is 1.85. The highest BCUT2D eigenvalue weighted by atomic mass is 35.5. The quantitative estimate of drug-likeness (QED) is 0.637. The fraction of sp³-hybridized carbons (Fsp3) is 0.400. The van der Waals surface area contributed by atoms with Crippen molar-refractivity contribution in [1.29, 1.82) is 0 Å². The highest BCUT2D eigenvalue weighted by molar-refractivity contribution is 6.45. The molecule has 33 heavy (non-hydrogen) atoms. The van der Waals surface area contributed by atoms with E-state index in [0.717, 1.165) is 16.8 Å². The van der Waals surface area contributed by atoms with E-state index in [1.54, 1.807) is 32.9 Å². The number of carboxylic acids is 1. The summed E-state index contributed by atoms with van der Waals surface area (Å²) in [6, 6.07) is 12.7. The summed E-state index contributed by atoms with van der Waals surface area (Å²) in [6.07, 6.45) is -0.144. The van der Waals surface area contributed by atoms with Gasteiger partial charge >= 0.3 is 5.97 Å². The first-order chi connectivity index (χ1) is 15.4. The number of fused-ring (bicyclic) bond motifs is 1. The second kappa shape index (κ2) is 8.15. The summed E-state index contributed by atoms with van der Waals surface area (Å²) in [5.74, 6) is 0.126. The van der Waals surface area contributed by atoms with Gasteiger partial charge in [0.05, 0.1) is 22.3 Å². The Kier molecular flexibility index (Phi) is 5.75. The van der Waals surface area contributed by atoms with Crippen LogP contribution in [0.5, 0.6) is 5.75 Å². The lowest BCUT2D eigenvalue weighted by Gasteiger charge is -2.36. The van der Waals surface area contributed by atoms with Crippen molar-refractivity contribution in [2.45, 2.75) is 57.0 Å². The van der Waals surface area contributed by atoms with Gasteiger partial charge in [0.1, 0.15) is 11.3 Å². The number of halogens is 1. The van der Waals surface area contributed by atoms with Crippen LogP contribution in [-0.4, -0.2) is 51.4 Å². The van der Waals surface area contributed by atoms with Crippen LogP contribution in [0.3, 0.4) is 0 Å². The Morgan fingerprint density at radius 3 is 2.52 bits per heavy atom. The van der Waals surface area contributed by atoms with Gasteiger partial charge in [-0.2, -0.15) is 0 Å². The lowest BCUT2D eigenvalue weighted by Crippen LogP contribution is -2.45. The molecule has 8 heteroatoms. The molecule has 0 fully saturated rings. The van der Waals surface area contributed by atoms with Crippen LogP contribution < -0.4 is 4.74 Å². The normalized spacial score (nSPS) is 24.8. The molecule has 2 aromatic rings. The summed E-state index contributed by atoms with van der Waals surface area (Å²) in [5.41, 5.74) is 1.77. The van der Waals surface area contributed by atoms with Crippen molar-refractivity contribution in [3.63, 3.8) is 0 Å². The van der Waals surface area contributed by atoms with Crippen LogP contribution in [0.25, 0.3) is 0 Å². The molecule has 3 atom stereocenters. The van der Waals surface area contributed by atoms with Crippen LogP contribution in [0.1, 0.15) is 54.2 Å². The Morgan fingerprint density at radius 1 is 1.24 bits per heavy atom. The van der Waals surface area contributed by atoms with Crippen molar-refractivity contribution in [2.75, 3.05) is 7.05 Å². The summed E-state index contributed by atoms with van der Waals surface area (Å²) in [4.78, 5) is 23.0. The van der Waals surface area contributed by atoms with E-state index in [1.807, 2.05) is 43.1 Å². The Morgan fingerprint density at radius 2 is 1.91 bits per heavy atom. The lowest BCUT2D eigenvalue weighted by molar-refractivity contribution is 0.0693. The molecular formula is C25H28ClN3O4. The summed E-state index contributed by atoms with van der Waals surface area (Å²) >= 11 is 6.82. The SMILES string of the molecule is Cc1ccc(OC2N=C3CC(Cl)C(C)(c4ccc(C(C)(C)O)cc4)N=C3N2C)cc1C(=O)O.